The molecule has 1 saturated carbocycles. The Labute approximate surface area is 185 Å². The van der Waals surface area contributed by atoms with E-state index >= 15 is 0 Å². The zero-order chi connectivity index (χ0) is 22.3. The van der Waals surface area contributed by atoms with Gasteiger partial charge in [-0.2, -0.15) is 0 Å². The largest absolute Gasteiger partial charge is 0.333 e. The Balaban J connectivity index is 1.56. The Bertz CT molecular complexity index is 968. The number of sulfonamides is 1. The number of carbonyl (C=O) groups excluding carboxylic acids is 1. The number of rotatable bonds is 8. The van der Waals surface area contributed by atoms with Crippen LogP contribution in [0.2, 0.25) is 0 Å². The number of para-hydroxylation sites is 1. The van der Waals surface area contributed by atoms with Crippen LogP contribution in [0.5, 0.6) is 0 Å². The molecule has 0 spiro atoms. The Hall–Kier alpha value is -2.38. The minimum absolute atomic E-state index is 0.0553. The van der Waals surface area contributed by atoms with Crippen LogP contribution >= 0.6 is 0 Å². The summed E-state index contributed by atoms with van der Waals surface area (Å²) >= 11 is 0. The van der Waals surface area contributed by atoms with Crippen molar-refractivity contribution < 1.29 is 13.2 Å². The second-order valence-electron chi connectivity index (χ2n) is 8.55. The maximum atomic E-state index is 12.4. The van der Waals surface area contributed by atoms with Gasteiger partial charge >= 0.3 is 6.03 Å². The van der Waals surface area contributed by atoms with E-state index in [1.165, 1.54) is 44.2 Å². The number of benzene rings is 2. The van der Waals surface area contributed by atoms with Gasteiger partial charge in [0, 0.05) is 18.3 Å². The molecule has 2 aromatic rings. The molecule has 3 rings (SSSR count). The Morgan fingerprint density at radius 2 is 1.71 bits per heavy atom. The molecule has 0 saturated heterocycles. The van der Waals surface area contributed by atoms with Crippen molar-refractivity contribution in [1.29, 1.82) is 0 Å². The van der Waals surface area contributed by atoms with Crippen LogP contribution in [0.4, 0.5) is 10.5 Å². The summed E-state index contributed by atoms with van der Waals surface area (Å²) in [5.74, 6) is 0.794. The third-order valence-corrected chi connectivity index (χ3v) is 7.22. The molecule has 0 bridgehead atoms. The van der Waals surface area contributed by atoms with Crippen LogP contribution in [0.3, 0.4) is 0 Å². The van der Waals surface area contributed by atoms with Crippen molar-refractivity contribution in [1.82, 2.24) is 10.0 Å². The van der Waals surface area contributed by atoms with Crippen LogP contribution in [0, 0.1) is 12.8 Å². The van der Waals surface area contributed by atoms with E-state index in [4.69, 9.17) is 0 Å². The molecule has 1 unspecified atom stereocenters. The summed E-state index contributed by atoms with van der Waals surface area (Å²) in [4.78, 5) is 12.5. The molecule has 31 heavy (non-hydrogen) atoms. The Morgan fingerprint density at radius 3 is 2.42 bits per heavy atom. The number of carbonyl (C=O) groups is 1. The average molecular weight is 444 g/mol. The lowest BCUT2D eigenvalue weighted by molar-refractivity contribution is 0.256. The molecule has 0 radical (unpaired) electrons. The monoisotopic (exact) mass is 443 g/mol. The van der Waals surface area contributed by atoms with E-state index in [1.807, 2.05) is 25.1 Å². The number of nitrogens with one attached hydrogen (secondary N) is 3. The minimum Gasteiger partial charge on any atom is -0.310 e. The third kappa shape index (κ3) is 7.08. The fourth-order valence-corrected chi connectivity index (χ4v) is 5.04. The van der Waals surface area contributed by atoms with E-state index < -0.39 is 16.1 Å². The molecule has 1 fully saturated rings. The summed E-state index contributed by atoms with van der Waals surface area (Å²) in [6.45, 7) is 4.68. The second-order valence-corrected chi connectivity index (χ2v) is 10.2. The molecule has 3 N–H and O–H groups in total. The van der Waals surface area contributed by atoms with Crippen LogP contribution in [0.1, 0.15) is 56.6 Å². The number of aryl methyl sites for hydroxylation is 1. The number of hydrogen-bond acceptors (Lipinski definition) is 4. The molecule has 6 nitrogen and oxygen atoms in total. The van der Waals surface area contributed by atoms with Gasteiger partial charge in [-0.25, -0.2) is 17.9 Å². The summed E-state index contributed by atoms with van der Waals surface area (Å²) in [5.41, 5.74) is 2.46. The SMILES string of the molecule is Cc1ccc(S(=O)(=O)NC(=O)Nc2ccccc2CNC(C)CC2CCCCC2)cc1. The van der Waals surface area contributed by atoms with Crippen LogP contribution in [-0.4, -0.2) is 20.5 Å². The highest BCUT2D eigenvalue weighted by molar-refractivity contribution is 7.90. The highest BCUT2D eigenvalue weighted by Crippen LogP contribution is 2.27. The fraction of sp³-hybridized carbons (Fsp3) is 0.458. The van der Waals surface area contributed by atoms with Crippen LogP contribution in [0.15, 0.2) is 53.4 Å². The predicted octanol–water partition coefficient (Wildman–Crippen LogP) is 4.95. The first-order valence-electron chi connectivity index (χ1n) is 11.1. The van der Waals surface area contributed by atoms with Crippen molar-refractivity contribution >= 4 is 21.7 Å². The molecule has 0 aromatic heterocycles. The van der Waals surface area contributed by atoms with Crippen LogP contribution < -0.4 is 15.4 Å². The lowest BCUT2D eigenvalue weighted by atomic mass is 9.85. The van der Waals surface area contributed by atoms with Gasteiger partial charge in [-0.15, -0.1) is 0 Å². The van der Waals surface area contributed by atoms with Crippen molar-refractivity contribution in [2.75, 3.05) is 5.32 Å². The highest BCUT2D eigenvalue weighted by atomic mass is 32.2. The standard InChI is InChI=1S/C24H33N3O3S/c1-18-12-14-22(15-13-18)31(29,30)27-24(28)26-23-11-7-6-10-21(23)17-25-19(2)16-20-8-4-3-5-9-20/h6-7,10-15,19-20,25H,3-5,8-9,16-17H2,1-2H3,(H2,26,27,28). The average Bonchev–Trinajstić information content (AvgIpc) is 2.74. The molecule has 7 heteroatoms. The first kappa shape index (κ1) is 23.3. The van der Waals surface area contributed by atoms with E-state index in [0.29, 0.717) is 18.3 Å². The molecule has 2 aromatic carbocycles. The molecule has 1 atom stereocenters. The fourth-order valence-electron chi connectivity index (χ4n) is 4.13. The number of urea groups is 1. The van der Waals surface area contributed by atoms with Crippen molar-refractivity contribution in [3.8, 4) is 0 Å². The van der Waals surface area contributed by atoms with E-state index in [-0.39, 0.29) is 4.90 Å². The summed E-state index contributed by atoms with van der Waals surface area (Å²) in [6, 6.07) is 13.4. The van der Waals surface area contributed by atoms with E-state index in [2.05, 4.69) is 22.3 Å². The van der Waals surface area contributed by atoms with E-state index in [9.17, 15) is 13.2 Å². The molecule has 0 aliphatic heterocycles. The van der Waals surface area contributed by atoms with Crippen LogP contribution in [-0.2, 0) is 16.6 Å². The van der Waals surface area contributed by atoms with Crippen molar-refractivity contribution in [2.24, 2.45) is 5.92 Å². The van der Waals surface area contributed by atoms with Crippen molar-refractivity contribution in [3.05, 3.63) is 59.7 Å². The topological polar surface area (TPSA) is 87.3 Å². The first-order chi connectivity index (χ1) is 14.8. The number of amides is 2. The van der Waals surface area contributed by atoms with Gasteiger partial charge in [0.05, 0.1) is 4.90 Å². The molecule has 1 aliphatic rings. The smallest absolute Gasteiger partial charge is 0.310 e. The van der Waals surface area contributed by atoms with Crippen molar-refractivity contribution in [3.63, 3.8) is 0 Å². The van der Waals surface area contributed by atoms with Crippen molar-refractivity contribution in [2.45, 2.75) is 69.9 Å². The lowest BCUT2D eigenvalue weighted by Crippen LogP contribution is -2.35. The molecular weight excluding hydrogens is 410 g/mol. The maximum Gasteiger partial charge on any atom is 0.333 e. The van der Waals surface area contributed by atoms with Gasteiger partial charge in [0.2, 0.25) is 0 Å². The van der Waals surface area contributed by atoms with Gasteiger partial charge in [0.1, 0.15) is 0 Å². The molecular formula is C24H33N3O3S. The zero-order valence-electron chi connectivity index (χ0n) is 18.4. The van der Waals surface area contributed by atoms with Gasteiger partial charge in [-0.1, -0.05) is 68.0 Å². The highest BCUT2D eigenvalue weighted by Gasteiger charge is 2.19. The van der Waals surface area contributed by atoms with E-state index in [1.54, 1.807) is 18.2 Å². The molecule has 0 heterocycles. The third-order valence-electron chi connectivity index (χ3n) is 5.88. The van der Waals surface area contributed by atoms with Gasteiger partial charge in [0.15, 0.2) is 0 Å². The summed E-state index contributed by atoms with van der Waals surface area (Å²) < 4.78 is 27.0. The zero-order valence-corrected chi connectivity index (χ0v) is 19.2. The molecule has 2 amide bonds. The quantitative estimate of drug-likeness (QED) is 0.538. The van der Waals surface area contributed by atoms with Gasteiger partial charge in [0.25, 0.3) is 10.0 Å². The minimum atomic E-state index is -3.93. The van der Waals surface area contributed by atoms with Gasteiger partial charge < -0.3 is 10.6 Å². The second kappa shape index (κ2) is 10.8. The lowest BCUT2D eigenvalue weighted by Gasteiger charge is -2.25. The van der Waals surface area contributed by atoms with Gasteiger partial charge in [-0.05, 0) is 49.9 Å². The number of hydrogen-bond donors (Lipinski definition) is 3. The van der Waals surface area contributed by atoms with Gasteiger partial charge in [-0.3, -0.25) is 0 Å². The predicted molar refractivity (Wildman–Crippen MR) is 124 cm³/mol. The summed E-state index contributed by atoms with van der Waals surface area (Å²) in [7, 11) is -3.93. The molecule has 1 aliphatic carbocycles. The molecule has 168 valence electrons. The Kier molecular flexibility index (Phi) is 8.09. The first-order valence-corrected chi connectivity index (χ1v) is 12.5. The van der Waals surface area contributed by atoms with Crippen LogP contribution in [0.25, 0.3) is 0 Å². The Morgan fingerprint density at radius 1 is 1.03 bits per heavy atom. The van der Waals surface area contributed by atoms with E-state index in [0.717, 1.165) is 23.5 Å². The number of anilines is 1. The normalized spacial score (nSPS) is 15.9. The maximum absolute atomic E-state index is 12.4. The summed E-state index contributed by atoms with van der Waals surface area (Å²) in [5, 5.41) is 6.23. The summed E-state index contributed by atoms with van der Waals surface area (Å²) in [6.07, 6.45) is 7.83.